The molecule has 2 aliphatic heterocycles. The van der Waals surface area contributed by atoms with Crippen LogP contribution in [0.15, 0.2) is 8.25 Å². The van der Waals surface area contributed by atoms with Gasteiger partial charge in [0.05, 0.1) is 6.61 Å². The number of nitrogens with zero attached hydrogens (tertiary/aromatic N) is 3. The zero-order valence-electron chi connectivity index (χ0n) is 9.24. The van der Waals surface area contributed by atoms with Gasteiger partial charge in [-0.3, -0.25) is 0 Å². The minimum Gasteiger partial charge on any atom is -0.394 e. The number of aliphatic hydroxyl groups is 3. The van der Waals surface area contributed by atoms with Crippen LogP contribution in [-0.2, 0) is 4.74 Å². The number of halogens is 3. The van der Waals surface area contributed by atoms with Crippen LogP contribution < -0.4 is 0 Å². The van der Waals surface area contributed by atoms with Crippen molar-refractivity contribution < 1.29 is 28.8 Å². The molecule has 18 heavy (non-hydrogen) atoms. The summed E-state index contributed by atoms with van der Waals surface area (Å²) in [7, 11) is 0. The van der Waals surface area contributed by atoms with Crippen LogP contribution in [0.1, 0.15) is 6.92 Å². The Morgan fingerprint density at radius 3 is 2.56 bits per heavy atom. The lowest BCUT2D eigenvalue weighted by Crippen LogP contribution is -2.37. The fourth-order valence-corrected chi connectivity index (χ4v) is 3.47. The molecule has 0 aromatic heterocycles. The standard InChI is InChI=1S/C8H12F2IN3O4/c1-8(9,10)7-12-11-14(13-7)6-5(17)4(16)3(2-15)18-6/h3-6,15-17H,2H2,1H3/t3-,4+,5+,6-/m1/s1. The van der Waals surface area contributed by atoms with E-state index in [1.54, 1.807) is 0 Å². The summed E-state index contributed by atoms with van der Waals surface area (Å²) in [4.78, 5) is 0. The first-order valence-corrected chi connectivity index (χ1v) is 7.01. The second-order valence-corrected chi connectivity index (χ2v) is 5.89. The van der Waals surface area contributed by atoms with Gasteiger partial charge in [-0.15, -0.1) is 5.10 Å². The van der Waals surface area contributed by atoms with E-state index in [0.29, 0.717) is 6.92 Å². The third-order valence-electron chi connectivity index (χ3n) is 2.51. The van der Waals surface area contributed by atoms with Crippen molar-refractivity contribution in [3.63, 3.8) is 0 Å². The first kappa shape index (κ1) is 14.1. The Morgan fingerprint density at radius 2 is 2.11 bits per heavy atom. The molecular formula is C8H12F2IN3O4. The Balaban J connectivity index is 2.12. The van der Waals surface area contributed by atoms with Crippen LogP contribution in [0.3, 0.4) is 0 Å². The van der Waals surface area contributed by atoms with Crippen LogP contribution in [0.2, 0.25) is 0 Å². The monoisotopic (exact) mass is 379 g/mol. The fraction of sp³-hybridized carbons (Fsp3) is 0.875. The number of alkyl halides is 2. The minimum atomic E-state index is -3.15. The van der Waals surface area contributed by atoms with E-state index in [9.17, 15) is 19.0 Å². The summed E-state index contributed by atoms with van der Waals surface area (Å²) in [5, 5.41) is 31.7. The summed E-state index contributed by atoms with van der Waals surface area (Å²) in [5.41, 5.74) is 0. The van der Waals surface area contributed by atoms with Crippen molar-refractivity contribution >= 4 is 27.1 Å². The topological polar surface area (TPSA) is 97.9 Å². The molecule has 0 unspecified atom stereocenters. The molecule has 104 valence electrons. The third kappa shape index (κ3) is 2.52. The molecule has 0 amide bonds. The van der Waals surface area contributed by atoms with Crippen molar-refractivity contribution in [1.29, 1.82) is 0 Å². The van der Waals surface area contributed by atoms with Crippen molar-refractivity contribution in [2.24, 2.45) is 8.25 Å². The van der Waals surface area contributed by atoms with Crippen LogP contribution in [0.4, 0.5) is 8.78 Å². The van der Waals surface area contributed by atoms with Gasteiger partial charge in [0.15, 0.2) is 6.23 Å². The maximum Gasteiger partial charge on any atom is 0.306 e. The highest BCUT2D eigenvalue weighted by atomic mass is 127. The minimum absolute atomic E-state index is 0.474. The molecule has 1 fully saturated rings. The van der Waals surface area contributed by atoms with E-state index in [0.717, 1.165) is 3.22 Å². The molecule has 0 aliphatic carbocycles. The number of aliphatic hydroxyl groups excluding tert-OH is 3. The molecule has 2 heterocycles. The summed E-state index contributed by atoms with van der Waals surface area (Å²) < 4.78 is 35.9. The van der Waals surface area contributed by atoms with Crippen molar-refractivity contribution in [3.05, 3.63) is 0 Å². The molecule has 2 aliphatic rings. The summed E-state index contributed by atoms with van der Waals surface area (Å²) in [5.74, 6) is -3.75. The van der Waals surface area contributed by atoms with Crippen molar-refractivity contribution in [2.45, 2.75) is 37.4 Å². The number of hydrazone groups is 1. The molecule has 7 nitrogen and oxygen atoms in total. The van der Waals surface area contributed by atoms with E-state index in [1.165, 1.54) is 0 Å². The molecular weight excluding hydrogens is 367 g/mol. The van der Waals surface area contributed by atoms with E-state index < -0.39 is 64.2 Å². The van der Waals surface area contributed by atoms with Gasteiger partial charge in [-0.25, -0.2) is 0 Å². The van der Waals surface area contributed by atoms with Gasteiger partial charge < -0.3 is 20.1 Å². The Kier molecular flexibility index (Phi) is 3.92. The highest BCUT2D eigenvalue weighted by molar-refractivity contribution is 14.1. The molecule has 0 saturated carbocycles. The lowest BCUT2D eigenvalue weighted by molar-refractivity contribution is -0.0568. The third-order valence-corrected chi connectivity index (χ3v) is 4.38. The van der Waals surface area contributed by atoms with Gasteiger partial charge in [-0.1, -0.05) is 0 Å². The van der Waals surface area contributed by atoms with Crippen molar-refractivity contribution in [3.8, 4) is 0 Å². The predicted molar refractivity (Wildman–Crippen MR) is 64.1 cm³/mol. The number of amidine groups is 1. The maximum atomic E-state index is 13.0. The molecule has 3 N–H and O–H groups in total. The van der Waals surface area contributed by atoms with Gasteiger partial charge in [0.2, 0.25) is 5.84 Å². The molecule has 4 atom stereocenters. The predicted octanol–water partition coefficient (Wildman–Crippen LogP) is -0.221. The fourth-order valence-electron chi connectivity index (χ4n) is 1.52. The van der Waals surface area contributed by atoms with Gasteiger partial charge in [-0.2, -0.15) is 15.1 Å². The number of rotatable bonds is 3. The van der Waals surface area contributed by atoms with Crippen molar-refractivity contribution in [1.82, 2.24) is 3.22 Å². The summed E-state index contributed by atoms with van der Waals surface area (Å²) in [6.45, 7) is 0.207. The molecule has 10 heteroatoms. The molecule has 0 aromatic rings. The SMILES string of the molecule is CC(F)(F)C1=NN([C@@H]2O[C@H](CO)[C@H](O)[C@@H]2O)I=N1. The first-order chi connectivity index (χ1) is 8.34. The second kappa shape index (κ2) is 5.00. The zero-order valence-corrected chi connectivity index (χ0v) is 11.4. The Morgan fingerprint density at radius 1 is 1.44 bits per heavy atom. The average Bonchev–Trinajstić information content (AvgIpc) is 2.86. The van der Waals surface area contributed by atoms with E-state index in [2.05, 4.69) is 8.25 Å². The number of hydrogen-bond acceptors (Lipinski definition) is 7. The van der Waals surface area contributed by atoms with E-state index in [4.69, 9.17) is 9.84 Å². The van der Waals surface area contributed by atoms with E-state index in [1.807, 2.05) is 0 Å². The largest absolute Gasteiger partial charge is 0.394 e. The van der Waals surface area contributed by atoms with E-state index >= 15 is 0 Å². The maximum absolute atomic E-state index is 13.0. The van der Waals surface area contributed by atoms with Gasteiger partial charge in [0.1, 0.15) is 39.6 Å². The summed E-state index contributed by atoms with van der Waals surface area (Å²) in [6, 6.07) is 0. The van der Waals surface area contributed by atoms with E-state index in [-0.39, 0.29) is 0 Å². The molecule has 2 rings (SSSR count). The van der Waals surface area contributed by atoms with Crippen LogP contribution >= 0.6 is 21.3 Å². The van der Waals surface area contributed by atoms with Crippen LogP contribution in [0.5, 0.6) is 0 Å². The van der Waals surface area contributed by atoms with Crippen LogP contribution in [-0.4, -0.2) is 61.4 Å². The Hall–Kier alpha value is -0.300. The van der Waals surface area contributed by atoms with Crippen LogP contribution in [0, 0.1) is 0 Å². The number of ether oxygens (including phenoxy) is 1. The normalized spacial score (nSPS) is 36.8. The molecule has 0 radical (unpaired) electrons. The lowest BCUT2D eigenvalue weighted by atomic mass is 10.1. The molecule has 0 aromatic carbocycles. The second-order valence-electron chi connectivity index (χ2n) is 3.99. The average molecular weight is 379 g/mol. The smallest absolute Gasteiger partial charge is 0.306 e. The highest BCUT2D eigenvalue weighted by Gasteiger charge is 2.47. The number of hydrogen-bond donors (Lipinski definition) is 3. The zero-order chi connectivity index (χ0) is 13.5. The van der Waals surface area contributed by atoms with Gasteiger partial charge in [-0.05, 0) is 0 Å². The van der Waals surface area contributed by atoms with Gasteiger partial charge in [0, 0.05) is 6.92 Å². The highest BCUT2D eigenvalue weighted by Crippen LogP contribution is 2.34. The summed E-state index contributed by atoms with van der Waals surface area (Å²) >= 11 is -1.22. The Labute approximate surface area is 112 Å². The summed E-state index contributed by atoms with van der Waals surface area (Å²) in [6.07, 6.45) is -4.58. The van der Waals surface area contributed by atoms with Crippen LogP contribution in [0.25, 0.3) is 0 Å². The first-order valence-electron chi connectivity index (χ1n) is 5.08. The van der Waals surface area contributed by atoms with Crippen molar-refractivity contribution in [2.75, 3.05) is 6.61 Å². The molecule has 0 bridgehead atoms. The Bertz CT molecular complexity index is 389. The molecule has 1 saturated heterocycles. The quantitative estimate of drug-likeness (QED) is 0.465. The molecule has 0 spiro atoms. The lowest BCUT2D eigenvalue weighted by Gasteiger charge is -2.20. The van der Waals surface area contributed by atoms with Gasteiger partial charge in [0.25, 0.3) is 0 Å². The van der Waals surface area contributed by atoms with Gasteiger partial charge >= 0.3 is 5.92 Å².